The third-order valence-electron chi connectivity index (χ3n) is 17.6. The van der Waals surface area contributed by atoms with Gasteiger partial charge in [-0.25, -0.2) is 0 Å². The standard InChI is InChI=1S/C12H23N.3C10H21N.C9H19N.C7H16.2C6H14/c1-9(2)6-10-7-11-4-5-12(8-10)13(11)3;1-9(2)8-10-4-6-11(3)7-5-10;1-9(2)7-10-5-4-6-11(3)8-10;1-9(2)8-10-6-4-5-7-11(10)3;1-8(2)6-9-4-5-10(3)7-9;1-5-7(4)6(2)3;2*1-4-5-6(2)3/h9-12H,4-8H2,1-3H3;3*9-10H,4-8H2,1-3H3;8-9H,4-7H2,1-3H3;6-7H,5H2,1-4H3;2*6H,4-5H2,1-3H3. The topological polar surface area (TPSA) is 16.2 Å². The lowest BCUT2D eigenvalue weighted by Gasteiger charge is -2.37. The number of fused-ring (bicyclic) bond motifs is 2. The first-order valence-electron chi connectivity index (χ1n) is 33.6. The van der Waals surface area contributed by atoms with Crippen LogP contribution in [0.2, 0.25) is 0 Å². The molecule has 2 bridgehead atoms. The van der Waals surface area contributed by atoms with Gasteiger partial charge in [-0.1, -0.05) is 177 Å². The van der Waals surface area contributed by atoms with Crippen molar-refractivity contribution in [1.29, 1.82) is 0 Å². The molecule has 6 atom stereocenters. The zero-order valence-corrected chi connectivity index (χ0v) is 57.0. The molecule has 0 aromatic carbocycles. The first kappa shape index (κ1) is 76.9. The summed E-state index contributed by atoms with van der Waals surface area (Å²) in [4.78, 5) is 12.5. The number of hydrogen-bond acceptors (Lipinski definition) is 5. The smallest absolute Gasteiger partial charge is 0.00983 e. The van der Waals surface area contributed by atoms with Crippen molar-refractivity contribution in [2.75, 3.05) is 81.1 Å². The Morgan fingerprint density at radius 2 is 0.760 bits per heavy atom. The van der Waals surface area contributed by atoms with Crippen molar-refractivity contribution in [2.24, 2.45) is 76.9 Å². The molecule has 0 radical (unpaired) electrons. The minimum atomic E-state index is 0.862. The van der Waals surface area contributed by atoms with Gasteiger partial charge >= 0.3 is 0 Å². The summed E-state index contributed by atoms with van der Waals surface area (Å²) in [6.45, 7) is 55.1. The molecule has 6 aliphatic heterocycles. The molecule has 0 aliphatic carbocycles. The Kier molecular flexibility index (Phi) is 47.6. The van der Waals surface area contributed by atoms with Crippen LogP contribution in [-0.4, -0.2) is 124 Å². The van der Waals surface area contributed by atoms with Gasteiger partial charge in [-0.05, 0) is 248 Å². The van der Waals surface area contributed by atoms with Crippen LogP contribution >= 0.6 is 0 Å². The van der Waals surface area contributed by atoms with Gasteiger partial charge in [0.05, 0.1) is 0 Å². The van der Waals surface area contributed by atoms with Crippen LogP contribution in [0.5, 0.6) is 0 Å². The molecule has 0 aromatic heterocycles. The highest BCUT2D eigenvalue weighted by atomic mass is 15.2. The average molecular weight is 1060 g/mol. The highest BCUT2D eigenvalue weighted by molar-refractivity contribution is 4.93. The van der Waals surface area contributed by atoms with E-state index in [1.807, 2.05) is 0 Å². The third kappa shape index (κ3) is 44.2. The molecule has 5 nitrogen and oxygen atoms in total. The molecule has 75 heavy (non-hydrogen) atoms. The SMILES string of the molecule is CC(C)CC1CC2CCC(C1)N2C.CC(C)CC1CCCCN1C.CC(C)CC1CCCN(C)C1.CC(C)CC1CCN(C)C1.CC(C)CC1CCN(C)CC1.CCC(C)C(C)C.CCCC(C)C.CCCC(C)C. The maximum atomic E-state index is 2.64. The summed E-state index contributed by atoms with van der Waals surface area (Å²) in [5.74, 6) is 12.0. The number of piperidine rings is 4. The first-order chi connectivity index (χ1) is 35.1. The second kappa shape index (κ2) is 46.4. The van der Waals surface area contributed by atoms with E-state index in [0.717, 1.165) is 95.1 Å². The Morgan fingerprint density at radius 1 is 0.360 bits per heavy atom. The number of rotatable bonds is 16. The van der Waals surface area contributed by atoms with Crippen LogP contribution in [0, 0.1) is 76.9 Å². The molecule has 0 saturated carbocycles. The molecule has 6 aliphatic rings. The Bertz CT molecular complexity index is 1180. The summed E-state index contributed by atoms with van der Waals surface area (Å²) < 4.78 is 0. The molecule has 6 unspecified atom stereocenters. The van der Waals surface area contributed by atoms with Crippen molar-refractivity contribution in [2.45, 2.75) is 298 Å². The summed E-state index contributed by atoms with van der Waals surface area (Å²) in [5, 5.41) is 0. The normalized spacial score (nSPS) is 25.2. The van der Waals surface area contributed by atoms with E-state index < -0.39 is 0 Å². The average Bonchev–Trinajstić information content (AvgIpc) is 3.79. The fourth-order valence-electron chi connectivity index (χ4n) is 13.0. The van der Waals surface area contributed by atoms with Gasteiger partial charge in [-0.3, -0.25) is 0 Å². The van der Waals surface area contributed by atoms with Crippen LogP contribution in [-0.2, 0) is 0 Å². The molecule has 6 rings (SSSR count). The van der Waals surface area contributed by atoms with E-state index in [1.54, 1.807) is 0 Å². The highest BCUT2D eigenvalue weighted by Crippen LogP contribution is 2.39. The lowest BCUT2D eigenvalue weighted by atomic mass is 9.85. The maximum Gasteiger partial charge on any atom is 0.00983 e. The molecule has 5 heteroatoms. The fraction of sp³-hybridized carbons (Fsp3) is 1.00. The summed E-state index contributed by atoms with van der Waals surface area (Å²) >= 11 is 0. The summed E-state index contributed by atoms with van der Waals surface area (Å²) in [5.41, 5.74) is 0. The number of hydrogen-bond donors (Lipinski definition) is 0. The molecular formula is C70H149N5. The van der Waals surface area contributed by atoms with E-state index >= 15 is 0 Å². The maximum absolute atomic E-state index is 2.64. The van der Waals surface area contributed by atoms with Gasteiger partial charge < -0.3 is 24.5 Å². The van der Waals surface area contributed by atoms with Crippen molar-refractivity contribution in [1.82, 2.24) is 24.5 Å². The predicted molar refractivity (Wildman–Crippen MR) is 345 cm³/mol. The monoisotopic (exact) mass is 1060 g/mol. The van der Waals surface area contributed by atoms with E-state index in [0.29, 0.717) is 0 Å². The van der Waals surface area contributed by atoms with Crippen LogP contribution < -0.4 is 0 Å². The van der Waals surface area contributed by atoms with Crippen LogP contribution in [0.15, 0.2) is 0 Å². The van der Waals surface area contributed by atoms with Crippen molar-refractivity contribution in [3.8, 4) is 0 Å². The zero-order valence-electron chi connectivity index (χ0n) is 57.0. The number of nitrogens with zero attached hydrogens (tertiary/aromatic N) is 5. The van der Waals surface area contributed by atoms with Gasteiger partial charge in [0.15, 0.2) is 0 Å². The Balaban J connectivity index is 0. The second-order valence-electron chi connectivity index (χ2n) is 29.6. The quantitative estimate of drug-likeness (QED) is 0.153. The number of likely N-dealkylation sites (tertiary alicyclic amines) is 4. The predicted octanol–water partition coefficient (Wildman–Crippen LogP) is 19.7. The Hall–Kier alpha value is -0.200. The summed E-state index contributed by atoms with van der Waals surface area (Å²) in [6.07, 6.45) is 31.2. The third-order valence-corrected chi connectivity index (χ3v) is 17.6. The molecule has 0 N–H and O–H groups in total. The zero-order chi connectivity index (χ0) is 57.6. The van der Waals surface area contributed by atoms with E-state index in [9.17, 15) is 0 Å². The van der Waals surface area contributed by atoms with E-state index in [1.165, 1.54) is 187 Å². The molecule has 0 aromatic rings. The molecular weight excluding hydrogens is 911 g/mol. The van der Waals surface area contributed by atoms with E-state index in [4.69, 9.17) is 0 Å². The molecule has 6 heterocycles. The molecule has 0 spiro atoms. The Labute approximate surface area is 478 Å². The van der Waals surface area contributed by atoms with Crippen LogP contribution in [0.1, 0.15) is 280 Å². The van der Waals surface area contributed by atoms with Gasteiger partial charge in [-0.15, -0.1) is 0 Å². The van der Waals surface area contributed by atoms with Crippen molar-refractivity contribution < 1.29 is 0 Å². The van der Waals surface area contributed by atoms with Crippen LogP contribution in [0.4, 0.5) is 0 Å². The van der Waals surface area contributed by atoms with Crippen LogP contribution in [0.25, 0.3) is 0 Å². The molecule has 0 amide bonds. The summed E-state index contributed by atoms with van der Waals surface area (Å²) in [6, 6.07) is 2.74. The van der Waals surface area contributed by atoms with Crippen molar-refractivity contribution in [3.05, 3.63) is 0 Å². The van der Waals surface area contributed by atoms with Crippen molar-refractivity contribution >= 4 is 0 Å². The van der Waals surface area contributed by atoms with Gasteiger partial charge in [0.25, 0.3) is 0 Å². The molecule has 6 saturated heterocycles. The largest absolute Gasteiger partial charge is 0.306 e. The minimum absolute atomic E-state index is 0.862. The van der Waals surface area contributed by atoms with Gasteiger partial charge in [0, 0.05) is 31.2 Å². The molecule has 6 fully saturated rings. The van der Waals surface area contributed by atoms with Gasteiger partial charge in [0.2, 0.25) is 0 Å². The van der Waals surface area contributed by atoms with Gasteiger partial charge in [-0.2, -0.15) is 0 Å². The molecule has 454 valence electrons. The van der Waals surface area contributed by atoms with Crippen molar-refractivity contribution in [3.63, 3.8) is 0 Å². The first-order valence-corrected chi connectivity index (χ1v) is 33.6. The van der Waals surface area contributed by atoms with Gasteiger partial charge in [0.1, 0.15) is 0 Å². The lowest BCUT2D eigenvalue weighted by molar-refractivity contribution is 0.123. The highest BCUT2D eigenvalue weighted by Gasteiger charge is 2.38. The second-order valence-corrected chi connectivity index (χ2v) is 29.6. The van der Waals surface area contributed by atoms with E-state index in [-0.39, 0.29) is 0 Å². The van der Waals surface area contributed by atoms with E-state index in [2.05, 4.69) is 198 Å². The summed E-state index contributed by atoms with van der Waals surface area (Å²) in [7, 11) is 11.3. The Morgan fingerprint density at radius 3 is 1.11 bits per heavy atom. The van der Waals surface area contributed by atoms with Crippen LogP contribution in [0.3, 0.4) is 0 Å². The minimum Gasteiger partial charge on any atom is -0.306 e. The lowest BCUT2D eigenvalue weighted by Crippen LogP contribution is -2.40. The fourth-order valence-corrected chi connectivity index (χ4v) is 13.0.